The van der Waals surface area contributed by atoms with Gasteiger partial charge in [-0.1, -0.05) is 15.9 Å². The third-order valence-corrected chi connectivity index (χ3v) is 4.28. The average Bonchev–Trinajstić information content (AvgIpc) is 2.83. The molecule has 1 saturated carbocycles. The average molecular weight is 341 g/mol. The van der Waals surface area contributed by atoms with Crippen molar-refractivity contribution in [3.63, 3.8) is 0 Å². The Morgan fingerprint density at radius 3 is 2.75 bits per heavy atom. The highest BCUT2D eigenvalue weighted by Gasteiger charge is 2.54. The summed E-state index contributed by atoms with van der Waals surface area (Å²) in [6, 6.07) is 5.87. The van der Waals surface area contributed by atoms with E-state index in [-0.39, 0.29) is 17.8 Å². The predicted molar refractivity (Wildman–Crippen MR) is 76.9 cm³/mol. The molecule has 3 rings (SSSR count). The van der Waals surface area contributed by atoms with E-state index in [9.17, 15) is 4.79 Å². The number of ether oxygens (including phenoxy) is 3. The van der Waals surface area contributed by atoms with Crippen LogP contribution in [0.5, 0.6) is 5.75 Å². The van der Waals surface area contributed by atoms with E-state index >= 15 is 0 Å². The summed E-state index contributed by atoms with van der Waals surface area (Å²) in [5, 5.41) is 0. The first-order valence-electron chi connectivity index (χ1n) is 6.62. The number of benzene rings is 1. The lowest BCUT2D eigenvalue weighted by Gasteiger charge is -2.22. The minimum Gasteiger partial charge on any atom is -0.497 e. The van der Waals surface area contributed by atoms with Crippen LogP contribution in [0.2, 0.25) is 0 Å². The molecule has 0 bridgehead atoms. The van der Waals surface area contributed by atoms with E-state index in [4.69, 9.17) is 14.2 Å². The van der Waals surface area contributed by atoms with Crippen molar-refractivity contribution in [1.82, 2.24) is 0 Å². The molecule has 2 fully saturated rings. The molecule has 1 aromatic carbocycles. The molecule has 0 N–H and O–H groups in total. The molecule has 2 aliphatic rings. The quantitative estimate of drug-likeness (QED) is 0.830. The molecular formula is C15H17BrO4. The van der Waals surface area contributed by atoms with Gasteiger partial charge in [-0.2, -0.15) is 0 Å². The van der Waals surface area contributed by atoms with Crippen LogP contribution < -0.4 is 4.74 Å². The van der Waals surface area contributed by atoms with Gasteiger partial charge in [-0.15, -0.1) is 0 Å². The third-order valence-electron chi connectivity index (χ3n) is 3.82. The number of Topliss-reactive ketones (excluding diaryl/α,β-unsaturated/α-hetero) is 1. The second-order valence-electron chi connectivity index (χ2n) is 5.72. The number of rotatable bonds is 2. The SMILES string of the molecule is COc1cc(Br)cc([C@H]2CC(=O)[C@@H]3OC(C)(C)O[C@H]23)c1. The Morgan fingerprint density at radius 2 is 2.05 bits per heavy atom. The van der Waals surface area contributed by atoms with Gasteiger partial charge in [-0.05, 0) is 37.6 Å². The molecule has 1 aliphatic carbocycles. The molecule has 1 heterocycles. The minimum absolute atomic E-state index is 0.0145. The molecule has 0 amide bonds. The van der Waals surface area contributed by atoms with Gasteiger partial charge >= 0.3 is 0 Å². The molecule has 20 heavy (non-hydrogen) atoms. The van der Waals surface area contributed by atoms with Crippen LogP contribution in [0.4, 0.5) is 0 Å². The van der Waals surface area contributed by atoms with Crippen LogP contribution in [0, 0.1) is 0 Å². The summed E-state index contributed by atoms with van der Waals surface area (Å²) in [6.45, 7) is 3.69. The van der Waals surface area contributed by atoms with Crippen LogP contribution in [0.3, 0.4) is 0 Å². The lowest BCUT2D eigenvalue weighted by molar-refractivity contribution is -0.160. The van der Waals surface area contributed by atoms with Gasteiger partial charge < -0.3 is 14.2 Å². The van der Waals surface area contributed by atoms with E-state index in [0.29, 0.717) is 6.42 Å². The Balaban J connectivity index is 1.95. The number of hydrogen-bond acceptors (Lipinski definition) is 4. The van der Waals surface area contributed by atoms with Crippen molar-refractivity contribution in [2.45, 2.75) is 44.2 Å². The summed E-state index contributed by atoms with van der Waals surface area (Å²) >= 11 is 3.47. The summed E-state index contributed by atoms with van der Waals surface area (Å²) in [6.07, 6.45) is -0.207. The standard InChI is InChI=1S/C15H17BrO4/c1-15(2)19-13-11(7-12(17)14(13)20-15)8-4-9(16)6-10(5-8)18-3/h4-6,11,13-14H,7H2,1-3H3/t11-,13-,14+/m1/s1. The number of halogens is 1. The first kappa shape index (κ1) is 14.0. The van der Waals surface area contributed by atoms with E-state index < -0.39 is 11.9 Å². The van der Waals surface area contributed by atoms with Crippen molar-refractivity contribution in [2.75, 3.05) is 7.11 Å². The van der Waals surface area contributed by atoms with E-state index in [1.165, 1.54) is 0 Å². The van der Waals surface area contributed by atoms with Crippen LogP contribution in [0.1, 0.15) is 31.7 Å². The zero-order valence-corrected chi connectivity index (χ0v) is 13.3. The molecular weight excluding hydrogens is 324 g/mol. The monoisotopic (exact) mass is 340 g/mol. The second-order valence-corrected chi connectivity index (χ2v) is 6.64. The fraction of sp³-hybridized carbons (Fsp3) is 0.533. The smallest absolute Gasteiger partial charge is 0.165 e. The maximum absolute atomic E-state index is 12.1. The van der Waals surface area contributed by atoms with Crippen LogP contribution >= 0.6 is 15.9 Å². The highest BCUT2D eigenvalue weighted by Crippen LogP contribution is 2.45. The molecule has 1 aromatic rings. The Bertz CT molecular complexity index is 555. The van der Waals surface area contributed by atoms with Crippen LogP contribution in [0.25, 0.3) is 0 Å². The van der Waals surface area contributed by atoms with Gasteiger partial charge in [0.2, 0.25) is 0 Å². The maximum Gasteiger partial charge on any atom is 0.165 e. The largest absolute Gasteiger partial charge is 0.497 e. The number of fused-ring (bicyclic) bond motifs is 1. The molecule has 1 saturated heterocycles. The van der Waals surface area contributed by atoms with Gasteiger partial charge in [-0.25, -0.2) is 0 Å². The van der Waals surface area contributed by atoms with Crippen LogP contribution in [0.15, 0.2) is 22.7 Å². The highest BCUT2D eigenvalue weighted by atomic mass is 79.9. The van der Waals surface area contributed by atoms with E-state index in [1.807, 2.05) is 32.0 Å². The lowest BCUT2D eigenvalue weighted by atomic mass is 9.95. The van der Waals surface area contributed by atoms with Crippen LogP contribution in [-0.4, -0.2) is 30.9 Å². The van der Waals surface area contributed by atoms with Crippen molar-refractivity contribution in [3.8, 4) is 5.75 Å². The topological polar surface area (TPSA) is 44.8 Å². The molecule has 3 atom stereocenters. The molecule has 4 nitrogen and oxygen atoms in total. The molecule has 0 aromatic heterocycles. The number of carbonyl (C=O) groups is 1. The van der Waals surface area contributed by atoms with Gasteiger partial charge in [0.1, 0.15) is 18.0 Å². The summed E-state index contributed by atoms with van der Waals surface area (Å²) in [5.41, 5.74) is 1.04. The molecule has 0 unspecified atom stereocenters. The Morgan fingerprint density at radius 1 is 1.30 bits per heavy atom. The second kappa shape index (κ2) is 4.83. The van der Waals surface area contributed by atoms with E-state index in [0.717, 1.165) is 15.8 Å². The Labute approximate surface area is 126 Å². The predicted octanol–water partition coefficient (Wildman–Crippen LogP) is 3.03. The first-order chi connectivity index (χ1) is 9.39. The van der Waals surface area contributed by atoms with Crippen molar-refractivity contribution in [3.05, 3.63) is 28.2 Å². The van der Waals surface area contributed by atoms with Crippen molar-refractivity contribution in [2.24, 2.45) is 0 Å². The Hall–Kier alpha value is -0.910. The molecule has 0 spiro atoms. The number of carbonyl (C=O) groups excluding carboxylic acids is 1. The lowest BCUT2D eigenvalue weighted by Crippen LogP contribution is -2.25. The zero-order chi connectivity index (χ0) is 14.5. The summed E-state index contributed by atoms with van der Waals surface area (Å²) < 4.78 is 17.9. The van der Waals surface area contributed by atoms with Gasteiger partial charge in [0.15, 0.2) is 11.6 Å². The van der Waals surface area contributed by atoms with Gasteiger partial charge in [-0.3, -0.25) is 4.79 Å². The van der Waals surface area contributed by atoms with Gasteiger partial charge in [0, 0.05) is 16.8 Å². The number of hydrogen-bond donors (Lipinski definition) is 0. The van der Waals surface area contributed by atoms with Gasteiger partial charge in [0.25, 0.3) is 0 Å². The maximum atomic E-state index is 12.1. The fourth-order valence-corrected chi connectivity index (χ4v) is 3.50. The molecule has 0 radical (unpaired) electrons. The van der Waals surface area contributed by atoms with Crippen molar-refractivity contribution < 1.29 is 19.0 Å². The summed E-state index contributed by atoms with van der Waals surface area (Å²) in [5.74, 6) is 0.202. The first-order valence-corrected chi connectivity index (χ1v) is 7.42. The molecule has 1 aliphatic heterocycles. The Kier molecular flexibility index (Phi) is 3.39. The van der Waals surface area contributed by atoms with Crippen LogP contribution in [-0.2, 0) is 14.3 Å². The number of ketones is 1. The zero-order valence-electron chi connectivity index (χ0n) is 11.7. The minimum atomic E-state index is -0.695. The summed E-state index contributed by atoms with van der Waals surface area (Å²) in [7, 11) is 1.63. The summed E-state index contributed by atoms with van der Waals surface area (Å²) in [4.78, 5) is 12.1. The normalized spacial score (nSPS) is 31.4. The van der Waals surface area contributed by atoms with E-state index in [2.05, 4.69) is 15.9 Å². The van der Waals surface area contributed by atoms with Gasteiger partial charge in [0.05, 0.1) is 7.11 Å². The third kappa shape index (κ3) is 2.38. The number of methoxy groups -OCH3 is 1. The van der Waals surface area contributed by atoms with Crippen molar-refractivity contribution in [1.29, 1.82) is 0 Å². The fourth-order valence-electron chi connectivity index (χ4n) is 3.01. The molecule has 5 heteroatoms. The molecule has 108 valence electrons. The van der Waals surface area contributed by atoms with E-state index in [1.54, 1.807) is 7.11 Å². The highest BCUT2D eigenvalue weighted by molar-refractivity contribution is 9.10. The van der Waals surface area contributed by atoms with Crippen molar-refractivity contribution >= 4 is 21.7 Å².